The summed E-state index contributed by atoms with van der Waals surface area (Å²) in [4.78, 5) is 16.9. The summed E-state index contributed by atoms with van der Waals surface area (Å²) in [6, 6.07) is 9.56. The Bertz CT molecular complexity index is 1440. The molecular formula is C32H37F6N3O3. The first-order chi connectivity index (χ1) is 20.8. The third-order valence-corrected chi connectivity index (χ3v) is 8.71. The Hall–Kier alpha value is -3.25. The zero-order chi connectivity index (χ0) is 31.6. The van der Waals surface area contributed by atoms with Gasteiger partial charge >= 0.3 is 12.4 Å². The van der Waals surface area contributed by atoms with Crippen LogP contribution >= 0.6 is 0 Å². The van der Waals surface area contributed by atoms with Crippen molar-refractivity contribution in [2.75, 3.05) is 38.1 Å². The van der Waals surface area contributed by atoms with E-state index in [9.17, 15) is 31.1 Å². The third kappa shape index (κ3) is 7.87. The van der Waals surface area contributed by atoms with Crippen LogP contribution in [0.4, 0.5) is 32.0 Å². The molecule has 3 aromatic rings. The fourth-order valence-electron chi connectivity index (χ4n) is 6.11. The molecule has 44 heavy (non-hydrogen) atoms. The Morgan fingerprint density at radius 3 is 2.32 bits per heavy atom. The highest BCUT2D eigenvalue weighted by molar-refractivity contribution is 5.79. The molecule has 0 spiro atoms. The second-order valence-corrected chi connectivity index (χ2v) is 11.9. The lowest BCUT2D eigenvalue weighted by molar-refractivity contribution is -0.141. The summed E-state index contributed by atoms with van der Waals surface area (Å²) in [5, 5.41) is 3.64. The topological polar surface area (TPSA) is 58.0 Å². The Kier molecular flexibility index (Phi) is 9.50. The van der Waals surface area contributed by atoms with Gasteiger partial charge in [0.25, 0.3) is 0 Å². The lowest BCUT2D eigenvalue weighted by Gasteiger charge is -2.38. The molecule has 2 aliphatic rings. The first-order valence-corrected chi connectivity index (χ1v) is 14.9. The maximum Gasteiger partial charge on any atom is 0.416 e. The van der Waals surface area contributed by atoms with Crippen LogP contribution in [0.25, 0.3) is 11.0 Å². The fraction of sp³-hybridized carbons (Fsp3) is 0.531. The molecule has 2 aromatic carbocycles. The minimum Gasteiger partial charge on any atom is -0.461 e. The van der Waals surface area contributed by atoms with Gasteiger partial charge in [0.05, 0.1) is 17.2 Å². The number of carbonyl (C=O) groups is 1. The van der Waals surface area contributed by atoms with Crippen LogP contribution in [-0.4, -0.2) is 66.7 Å². The Balaban J connectivity index is 1.02. The molecule has 1 atom stereocenters. The van der Waals surface area contributed by atoms with Crippen molar-refractivity contribution in [1.82, 2.24) is 9.80 Å². The minimum atomic E-state index is -4.41. The number of fused-ring (bicyclic) bond motifs is 1. The first-order valence-electron chi connectivity index (χ1n) is 14.9. The molecule has 1 N–H and O–H groups in total. The number of carbonyl (C=O) groups excluding carboxylic acids is 1. The molecule has 1 aromatic heterocycles. The van der Waals surface area contributed by atoms with E-state index in [0.29, 0.717) is 67.9 Å². The van der Waals surface area contributed by atoms with E-state index in [1.807, 2.05) is 6.92 Å². The van der Waals surface area contributed by atoms with Crippen molar-refractivity contribution in [3.05, 3.63) is 64.9 Å². The normalized spacial score (nSPS) is 21.0. The first kappa shape index (κ1) is 32.2. The summed E-state index contributed by atoms with van der Waals surface area (Å²) >= 11 is 0. The number of nitrogens with one attached hydrogen (secondary N) is 1. The van der Waals surface area contributed by atoms with Gasteiger partial charge in [0.1, 0.15) is 18.0 Å². The molecule has 1 saturated heterocycles. The molecule has 2 heterocycles. The molecule has 240 valence electrons. The molecule has 1 unspecified atom stereocenters. The summed E-state index contributed by atoms with van der Waals surface area (Å²) < 4.78 is 90.5. The SMILES string of the molecule is Cc1ccc(NC2CCC(OCC(=O)N3CCN(C(C)Cc4cc5cc(C(F)(F)F)ccc5o4)CC3)CC2)cc1C(F)(F)F. The largest absolute Gasteiger partial charge is 0.461 e. The van der Waals surface area contributed by atoms with E-state index in [4.69, 9.17) is 9.15 Å². The van der Waals surface area contributed by atoms with Crippen LogP contribution in [0.5, 0.6) is 0 Å². The summed E-state index contributed by atoms with van der Waals surface area (Å²) in [5.74, 6) is 0.545. The fourth-order valence-corrected chi connectivity index (χ4v) is 6.11. The number of piperazine rings is 1. The van der Waals surface area contributed by atoms with Crippen molar-refractivity contribution in [1.29, 1.82) is 0 Å². The van der Waals surface area contributed by atoms with Gasteiger partial charge in [-0.05, 0) is 81.5 Å². The van der Waals surface area contributed by atoms with Gasteiger partial charge in [-0.25, -0.2) is 0 Å². The number of rotatable bonds is 8. The molecule has 1 aliphatic heterocycles. The van der Waals surface area contributed by atoms with E-state index in [-0.39, 0.29) is 36.3 Å². The van der Waals surface area contributed by atoms with Gasteiger partial charge < -0.3 is 19.4 Å². The number of furan rings is 1. The predicted molar refractivity (Wildman–Crippen MR) is 154 cm³/mol. The van der Waals surface area contributed by atoms with Crippen LogP contribution in [-0.2, 0) is 28.3 Å². The highest BCUT2D eigenvalue weighted by Crippen LogP contribution is 2.35. The van der Waals surface area contributed by atoms with Gasteiger partial charge in [-0.3, -0.25) is 9.69 Å². The Labute approximate surface area is 252 Å². The standard InChI is InChI=1S/C32H37F6N3O3/c1-20-3-5-25(18-28(20)32(36,37)38)39-24-6-8-26(9-7-24)43-19-30(42)41-13-11-40(12-14-41)21(2)15-27-17-22-16-23(31(33,34)35)4-10-29(22)44-27/h3-5,10,16-18,21,24,26,39H,6-9,11-15,19H2,1-2H3. The summed E-state index contributed by atoms with van der Waals surface area (Å²) in [5.41, 5.74) is -0.273. The smallest absolute Gasteiger partial charge is 0.416 e. The number of hydrogen-bond acceptors (Lipinski definition) is 5. The summed E-state index contributed by atoms with van der Waals surface area (Å²) in [6.07, 6.45) is -5.43. The minimum absolute atomic E-state index is 0.00980. The van der Waals surface area contributed by atoms with Crippen molar-refractivity contribution in [2.45, 2.75) is 76.5 Å². The van der Waals surface area contributed by atoms with E-state index >= 15 is 0 Å². The Morgan fingerprint density at radius 1 is 0.955 bits per heavy atom. The second kappa shape index (κ2) is 13.0. The highest BCUT2D eigenvalue weighted by atomic mass is 19.4. The van der Waals surface area contributed by atoms with E-state index < -0.39 is 23.5 Å². The monoisotopic (exact) mass is 625 g/mol. The van der Waals surface area contributed by atoms with Crippen LogP contribution < -0.4 is 5.32 Å². The molecule has 0 bridgehead atoms. The number of halogens is 6. The van der Waals surface area contributed by atoms with Crippen molar-refractivity contribution in [3.63, 3.8) is 0 Å². The van der Waals surface area contributed by atoms with Gasteiger partial charge in [-0.15, -0.1) is 0 Å². The maximum absolute atomic E-state index is 13.2. The molecule has 1 aliphatic carbocycles. The lowest BCUT2D eigenvalue weighted by Crippen LogP contribution is -2.52. The number of aryl methyl sites for hydroxylation is 1. The van der Waals surface area contributed by atoms with Gasteiger partial charge in [0.2, 0.25) is 5.91 Å². The number of amides is 1. The number of nitrogens with zero attached hydrogens (tertiary/aromatic N) is 2. The van der Waals surface area contributed by atoms with Gasteiger partial charge in [0.15, 0.2) is 0 Å². The highest BCUT2D eigenvalue weighted by Gasteiger charge is 2.33. The lowest BCUT2D eigenvalue weighted by atomic mass is 9.92. The van der Waals surface area contributed by atoms with Crippen LogP contribution in [0.2, 0.25) is 0 Å². The van der Waals surface area contributed by atoms with Crippen LogP contribution in [0.3, 0.4) is 0 Å². The summed E-state index contributed by atoms with van der Waals surface area (Å²) in [6.45, 7) is 5.90. The van der Waals surface area contributed by atoms with Gasteiger partial charge in [-0.2, -0.15) is 26.3 Å². The van der Waals surface area contributed by atoms with E-state index in [2.05, 4.69) is 10.2 Å². The van der Waals surface area contributed by atoms with E-state index in [0.717, 1.165) is 31.0 Å². The molecule has 2 fully saturated rings. The molecule has 5 rings (SSSR count). The number of alkyl halides is 6. The van der Waals surface area contributed by atoms with Crippen molar-refractivity contribution in [3.8, 4) is 0 Å². The van der Waals surface area contributed by atoms with Gasteiger partial charge in [0, 0.05) is 55.8 Å². The number of benzene rings is 2. The van der Waals surface area contributed by atoms with Crippen molar-refractivity contribution >= 4 is 22.6 Å². The molecule has 0 radical (unpaired) electrons. The average Bonchev–Trinajstić information content (AvgIpc) is 3.38. The third-order valence-electron chi connectivity index (χ3n) is 8.71. The molecule has 12 heteroatoms. The van der Waals surface area contributed by atoms with E-state index in [1.165, 1.54) is 19.1 Å². The summed E-state index contributed by atoms with van der Waals surface area (Å²) in [7, 11) is 0. The maximum atomic E-state index is 13.2. The van der Waals surface area contributed by atoms with Crippen LogP contribution in [0, 0.1) is 6.92 Å². The predicted octanol–water partition coefficient (Wildman–Crippen LogP) is 7.29. The number of ether oxygens (including phenoxy) is 1. The average molecular weight is 626 g/mol. The molecule has 1 saturated carbocycles. The van der Waals surface area contributed by atoms with Crippen LogP contribution in [0.15, 0.2) is 46.9 Å². The zero-order valence-corrected chi connectivity index (χ0v) is 24.7. The van der Waals surface area contributed by atoms with Crippen molar-refractivity contribution in [2.24, 2.45) is 0 Å². The number of hydrogen-bond donors (Lipinski definition) is 1. The number of anilines is 1. The van der Waals surface area contributed by atoms with E-state index in [1.54, 1.807) is 17.0 Å². The Morgan fingerprint density at radius 2 is 1.66 bits per heavy atom. The quantitative estimate of drug-likeness (QED) is 0.267. The molecular weight excluding hydrogens is 588 g/mol. The molecule has 1 amide bonds. The van der Waals surface area contributed by atoms with Gasteiger partial charge in [-0.1, -0.05) is 6.07 Å². The van der Waals surface area contributed by atoms with Crippen LogP contribution in [0.1, 0.15) is 55.1 Å². The zero-order valence-electron chi connectivity index (χ0n) is 24.7. The van der Waals surface area contributed by atoms with Crippen molar-refractivity contribution < 1.29 is 40.3 Å². The molecule has 6 nitrogen and oxygen atoms in total. The second-order valence-electron chi connectivity index (χ2n) is 11.9.